The molecule has 0 fully saturated rings. The molecule has 2 rings (SSSR count). The minimum Gasteiger partial charge on any atom is -0.478 e. The number of rotatable bonds is 4. The van der Waals surface area contributed by atoms with Gasteiger partial charge in [0.2, 0.25) is 0 Å². The standard InChI is InChI=1S/C12H10FNO5S/c1-7-4-9(19-14-7)6-20(17,18)11-5-8(12(15)16)2-3-10(11)13/h2-5H,6H2,1H3,(H,15,16). The lowest BCUT2D eigenvalue weighted by molar-refractivity contribution is 0.0696. The van der Waals surface area contributed by atoms with Gasteiger partial charge < -0.3 is 9.63 Å². The third kappa shape index (κ3) is 2.85. The van der Waals surface area contributed by atoms with Crippen molar-refractivity contribution in [3.05, 3.63) is 47.1 Å². The summed E-state index contributed by atoms with van der Waals surface area (Å²) in [6.45, 7) is 1.62. The van der Waals surface area contributed by atoms with Crippen LogP contribution >= 0.6 is 0 Å². The van der Waals surface area contributed by atoms with Crippen LogP contribution in [-0.4, -0.2) is 24.7 Å². The van der Waals surface area contributed by atoms with Crippen molar-refractivity contribution in [2.24, 2.45) is 0 Å². The number of aryl methyl sites for hydroxylation is 1. The van der Waals surface area contributed by atoms with Crippen molar-refractivity contribution in [3.63, 3.8) is 0 Å². The molecule has 0 aliphatic rings. The zero-order valence-electron chi connectivity index (χ0n) is 10.3. The Morgan fingerprint density at radius 1 is 1.40 bits per heavy atom. The summed E-state index contributed by atoms with van der Waals surface area (Å²) in [4.78, 5) is 10.1. The van der Waals surface area contributed by atoms with Gasteiger partial charge in [-0.25, -0.2) is 17.6 Å². The van der Waals surface area contributed by atoms with E-state index in [-0.39, 0.29) is 11.3 Å². The van der Waals surface area contributed by atoms with Gasteiger partial charge in [0.15, 0.2) is 15.6 Å². The molecule has 0 saturated heterocycles. The van der Waals surface area contributed by atoms with Gasteiger partial charge in [-0.05, 0) is 25.1 Å². The van der Waals surface area contributed by atoms with E-state index in [0.717, 1.165) is 18.2 Å². The fourth-order valence-electron chi connectivity index (χ4n) is 1.62. The van der Waals surface area contributed by atoms with Crippen LogP contribution in [0.2, 0.25) is 0 Å². The number of carboxylic acids is 1. The van der Waals surface area contributed by atoms with Crippen molar-refractivity contribution in [2.75, 3.05) is 0 Å². The average Bonchev–Trinajstić information content (AvgIpc) is 2.73. The molecular formula is C12H10FNO5S. The van der Waals surface area contributed by atoms with Crippen molar-refractivity contribution in [2.45, 2.75) is 17.6 Å². The molecule has 0 radical (unpaired) electrons. The summed E-state index contributed by atoms with van der Waals surface area (Å²) in [6, 6.07) is 4.00. The monoisotopic (exact) mass is 299 g/mol. The van der Waals surface area contributed by atoms with Gasteiger partial charge in [0.25, 0.3) is 0 Å². The lowest BCUT2D eigenvalue weighted by Gasteiger charge is -2.05. The highest BCUT2D eigenvalue weighted by molar-refractivity contribution is 7.90. The topological polar surface area (TPSA) is 97.5 Å². The summed E-state index contributed by atoms with van der Waals surface area (Å²) >= 11 is 0. The minimum atomic E-state index is -4.06. The van der Waals surface area contributed by atoms with Crippen molar-refractivity contribution in [1.82, 2.24) is 5.16 Å². The highest BCUT2D eigenvalue weighted by atomic mass is 32.2. The number of hydrogen-bond donors (Lipinski definition) is 1. The minimum absolute atomic E-state index is 0.0580. The predicted molar refractivity (Wildman–Crippen MR) is 65.5 cm³/mol. The summed E-state index contributed by atoms with van der Waals surface area (Å²) in [5.74, 6) is -2.88. The Morgan fingerprint density at radius 2 is 2.10 bits per heavy atom. The van der Waals surface area contributed by atoms with E-state index in [2.05, 4.69) is 5.16 Å². The van der Waals surface area contributed by atoms with Gasteiger partial charge in [-0.2, -0.15) is 0 Å². The number of carbonyl (C=O) groups is 1. The Balaban J connectivity index is 2.43. The molecule has 1 aromatic heterocycles. The maximum atomic E-state index is 13.6. The number of aromatic carboxylic acids is 1. The average molecular weight is 299 g/mol. The molecular weight excluding hydrogens is 289 g/mol. The van der Waals surface area contributed by atoms with Crippen molar-refractivity contribution in [3.8, 4) is 0 Å². The van der Waals surface area contributed by atoms with Crippen LogP contribution in [0, 0.1) is 12.7 Å². The Hall–Kier alpha value is -2.22. The van der Waals surface area contributed by atoms with Crippen molar-refractivity contribution >= 4 is 15.8 Å². The molecule has 20 heavy (non-hydrogen) atoms. The van der Waals surface area contributed by atoms with E-state index < -0.39 is 32.3 Å². The molecule has 0 bridgehead atoms. The largest absolute Gasteiger partial charge is 0.478 e. The summed E-state index contributed by atoms with van der Waals surface area (Å²) in [7, 11) is -4.06. The molecule has 1 heterocycles. The zero-order chi connectivity index (χ0) is 14.9. The summed E-state index contributed by atoms with van der Waals surface area (Å²) in [6.07, 6.45) is 0. The third-order valence-electron chi connectivity index (χ3n) is 2.52. The van der Waals surface area contributed by atoms with Crippen LogP contribution < -0.4 is 0 Å². The summed E-state index contributed by atoms with van der Waals surface area (Å²) in [5, 5.41) is 12.3. The molecule has 0 unspecified atom stereocenters. The Kier molecular flexibility index (Phi) is 3.58. The van der Waals surface area contributed by atoms with Gasteiger partial charge in [0.05, 0.1) is 11.3 Å². The molecule has 0 spiro atoms. The smallest absolute Gasteiger partial charge is 0.335 e. The first-order valence-electron chi connectivity index (χ1n) is 5.47. The first-order chi connectivity index (χ1) is 9.29. The Morgan fingerprint density at radius 3 is 2.65 bits per heavy atom. The van der Waals surface area contributed by atoms with Crippen LogP contribution in [0.3, 0.4) is 0 Å². The van der Waals surface area contributed by atoms with Crippen LogP contribution in [0.5, 0.6) is 0 Å². The SMILES string of the molecule is Cc1cc(CS(=O)(=O)c2cc(C(=O)O)ccc2F)on1. The number of nitrogens with zero attached hydrogens (tertiary/aromatic N) is 1. The molecule has 2 aromatic rings. The molecule has 8 heteroatoms. The van der Waals surface area contributed by atoms with E-state index >= 15 is 0 Å². The highest BCUT2D eigenvalue weighted by Crippen LogP contribution is 2.21. The first-order valence-corrected chi connectivity index (χ1v) is 7.12. The summed E-state index contributed by atoms with van der Waals surface area (Å²) in [5.41, 5.74) is 0.189. The van der Waals surface area contributed by atoms with E-state index in [9.17, 15) is 17.6 Å². The quantitative estimate of drug-likeness (QED) is 0.924. The second kappa shape index (κ2) is 5.04. The van der Waals surface area contributed by atoms with E-state index in [0.29, 0.717) is 5.69 Å². The van der Waals surface area contributed by atoms with Gasteiger partial charge in [0.1, 0.15) is 16.5 Å². The number of benzene rings is 1. The summed E-state index contributed by atoms with van der Waals surface area (Å²) < 4.78 is 42.6. The molecule has 6 nitrogen and oxygen atoms in total. The molecule has 0 atom stereocenters. The maximum absolute atomic E-state index is 13.6. The van der Waals surface area contributed by atoms with Crippen molar-refractivity contribution in [1.29, 1.82) is 0 Å². The number of halogens is 1. The van der Waals surface area contributed by atoms with E-state index in [1.807, 2.05) is 0 Å². The second-order valence-corrected chi connectivity index (χ2v) is 6.10. The molecule has 0 amide bonds. The van der Waals surface area contributed by atoms with Gasteiger partial charge in [-0.1, -0.05) is 5.16 Å². The van der Waals surface area contributed by atoms with E-state index in [4.69, 9.17) is 9.63 Å². The molecule has 0 saturated carbocycles. The van der Waals surface area contributed by atoms with Crippen LogP contribution in [-0.2, 0) is 15.6 Å². The predicted octanol–water partition coefficient (Wildman–Crippen LogP) is 1.79. The molecule has 0 aliphatic carbocycles. The molecule has 1 N–H and O–H groups in total. The molecule has 0 aliphatic heterocycles. The number of sulfone groups is 1. The fourth-order valence-corrected chi connectivity index (χ4v) is 2.96. The number of carboxylic acid groups (broad SMARTS) is 1. The lowest BCUT2D eigenvalue weighted by Crippen LogP contribution is -2.09. The van der Waals surface area contributed by atoms with Gasteiger partial charge in [-0.3, -0.25) is 0 Å². The van der Waals surface area contributed by atoms with Crippen LogP contribution in [0.4, 0.5) is 4.39 Å². The first kappa shape index (κ1) is 14.2. The Bertz CT molecular complexity index is 766. The van der Waals surface area contributed by atoms with Crippen LogP contribution in [0.15, 0.2) is 33.7 Å². The van der Waals surface area contributed by atoms with E-state index in [1.54, 1.807) is 6.92 Å². The van der Waals surface area contributed by atoms with E-state index in [1.165, 1.54) is 6.07 Å². The third-order valence-corrected chi connectivity index (χ3v) is 4.17. The lowest BCUT2D eigenvalue weighted by atomic mass is 10.2. The Labute approximate surface area is 113 Å². The van der Waals surface area contributed by atoms with Crippen LogP contribution in [0.25, 0.3) is 0 Å². The maximum Gasteiger partial charge on any atom is 0.335 e. The number of aromatic nitrogens is 1. The molecule has 1 aromatic carbocycles. The van der Waals surface area contributed by atoms with Crippen LogP contribution in [0.1, 0.15) is 21.8 Å². The second-order valence-electron chi connectivity index (χ2n) is 4.14. The van der Waals surface area contributed by atoms with Gasteiger partial charge in [0, 0.05) is 6.07 Å². The van der Waals surface area contributed by atoms with Crippen molar-refractivity contribution < 1.29 is 27.2 Å². The molecule has 106 valence electrons. The zero-order valence-corrected chi connectivity index (χ0v) is 11.1. The van der Waals surface area contributed by atoms with Gasteiger partial charge in [-0.15, -0.1) is 0 Å². The number of hydrogen-bond acceptors (Lipinski definition) is 5. The fraction of sp³-hybridized carbons (Fsp3) is 0.167. The highest BCUT2D eigenvalue weighted by Gasteiger charge is 2.23. The van der Waals surface area contributed by atoms with Gasteiger partial charge >= 0.3 is 5.97 Å². The normalized spacial score (nSPS) is 11.5.